The molecule has 0 aromatic rings. The van der Waals surface area contributed by atoms with Gasteiger partial charge in [0.15, 0.2) is 0 Å². The summed E-state index contributed by atoms with van der Waals surface area (Å²) >= 11 is 0. The van der Waals surface area contributed by atoms with Crippen LogP contribution >= 0.6 is 0 Å². The minimum absolute atomic E-state index is 0.411. The number of hydrogen-bond acceptors (Lipinski definition) is 2. The third-order valence-electron chi connectivity index (χ3n) is 3.91. The van der Waals surface area contributed by atoms with Crippen LogP contribution in [0.2, 0.25) is 0 Å². The van der Waals surface area contributed by atoms with Gasteiger partial charge in [0.2, 0.25) is 0 Å². The van der Waals surface area contributed by atoms with Gasteiger partial charge >= 0.3 is 0 Å². The highest BCUT2D eigenvalue weighted by Gasteiger charge is 2.36. The Labute approximate surface area is 87.7 Å². The van der Waals surface area contributed by atoms with E-state index in [1.54, 1.807) is 7.11 Å². The van der Waals surface area contributed by atoms with Gasteiger partial charge in [-0.1, -0.05) is 20.3 Å². The van der Waals surface area contributed by atoms with E-state index in [4.69, 9.17) is 4.74 Å². The van der Waals surface area contributed by atoms with Gasteiger partial charge in [-0.15, -0.1) is 0 Å². The van der Waals surface area contributed by atoms with Crippen LogP contribution in [0.3, 0.4) is 0 Å². The molecule has 1 saturated carbocycles. The zero-order valence-corrected chi connectivity index (χ0v) is 9.92. The van der Waals surface area contributed by atoms with E-state index < -0.39 is 5.60 Å². The van der Waals surface area contributed by atoms with Crippen molar-refractivity contribution in [3.8, 4) is 0 Å². The van der Waals surface area contributed by atoms with Crippen LogP contribution in [-0.4, -0.2) is 24.4 Å². The monoisotopic (exact) mass is 200 g/mol. The molecule has 4 atom stereocenters. The number of rotatable bonds is 3. The van der Waals surface area contributed by atoms with Gasteiger partial charge < -0.3 is 9.84 Å². The standard InChI is InChI=1S/C12H24O2/c1-9-5-6-11(7-10(9)2)12(3,13)8-14-4/h9-11,13H,5-8H2,1-4H3. The maximum Gasteiger partial charge on any atom is 0.0880 e. The molecule has 0 aromatic heterocycles. The summed E-state index contributed by atoms with van der Waals surface area (Å²) in [5.74, 6) is 1.95. The maximum atomic E-state index is 10.2. The molecule has 0 spiro atoms. The lowest BCUT2D eigenvalue weighted by Gasteiger charge is -2.40. The molecule has 0 bridgehead atoms. The van der Waals surface area contributed by atoms with Crippen LogP contribution < -0.4 is 0 Å². The summed E-state index contributed by atoms with van der Waals surface area (Å²) in [5.41, 5.74) is -0.636. The van der Waals surface area contributed by atoms with Crippen molar-refractivity contribution in [2.75, 3.05) is 13.7 Å². The Morgan fingerprint density at radius 1 is 1.29 bits per heavy atom. The fraction of sp³-hybridized carbons (Fsp3) is 1.00. The summed E-state index contributed by atoms with van der Waals surface area (Å²) in [6.45, 7) is 6.97. The summed E-state index contributed by atoms with van der Waals surface area (Å²) in [4.78, 5) is 0. The molecule has 2 heteroatoms. The molecule has 4 unspecified atom stereocenters. The van der Waals surface area contributed by atoms with Crippen molar-refractivity contribution >= 4 is 0 Å². The highest BCUT2D eigenvalue weighted by molar-refractivity contribution is 4.87. The summed E-state index contributed by atoms with van der Waals surface area (Å²) in [6.07, 6.45) is 3.52. The molecule has 0 heterocycles. The van der Waals surface area contributed by atoms with Crippen LogP contribution in [0.15, 0.2) is 0 Å². The zero-order chi connectivity index (χ0) is 10.8. The third-order valence-corrected chi connectivity index (χ3v) is 3.91. The lowest BCUT2D eigenvalue weighted by atomic mass is 9.70. The van der Waals surface area contributed by atoms with Gasteiger partial charge in [-0.05, 0) is 37.5 Å². The van der Waals surface area contributed by atoms with Gasteiger partial charge in [-0.2, -0.15) is 0 Å². The first-order valence-electron chi connectivity index (χ1n) is 5.68. The predicted molar refractivity (Wildman–Crippen MR) is 58.2 cm³/mol. The van der Waals surface area contributed by atoms with E-state index in [-0.39, 0.29) is 0 Å². The summed E-state index contributed by atoms with van der Waals surface area (Å²) < 4.78 is 5.07. The zero-order valence-electron chi connectivity index (χ0n) is 9.92. The number of ether oxygens (including phenoxy) is 1. The van der Waals surface area contributed by atoms with Crippen LogP contribution in [-0.2, 0) is 4.74 Å². The first-order valence-corrected chi connectivity index (χ1v) is 5.68. The maximum absolute atomic E-state index is 10.2. The van der Waals surface area contributed by atoms with E-state index in [0.29, 0.717) is 12.5 Å². The minimum atomic E-state index is -0.636. The topological polar surface area (TPSA) is 29.5 Å². The summed E-state index contributed by atoms with van der Waals surface area (Å²) in [6, 6.07) is 0. The van der Waals surface area contributed by atoms with Crippen LogP contribution in [0, 0.1) is 17.8 Å². The Morgan fingerprint density at radius 3 is 2.43 bits per heavy atom. The minimum Gasteiger partial charge on any atom is -0.387 e. The van der Waals surface area contributed by atoms with Gasteiger partial charge in [-0.25, -0.2) is 0 Å². The number of aliphatic hydroxyl groups is 1. The van der Waals surface area contributed by atoms with Crippen LogP contribution in [0.25, 0.3) is 0 Å². The molecule has 2 nitrogen and oxygen atoms in total. The summed E-state index contributed by atoms with van der Waals surface area (Å²) in [7, 11) is 1.66. The van der Waals surface area contributed by atoms with Crippen molar-refractivity contribution in [1.82, 2.24) is 0 Å². The molecule has 0 amide bonds. The Kier molecular flexibility index (Phi) is 3.96. The predicted octanol–water partition coefficient (Wildman–Crippen LogP) is 2.46. The van der Waals surface area contributed by atoms with Crippen molar-refractivity contribution in [3.05, 3.63) is 0 Å². The fourth-order valence-corrected chi connectivity index (χ4v) is 2.52. The van der Waals surface area contributed by atoms with Crippen molar-refractivity contribution < 1.29 is 9.84 Å². The van der Waals surface area contributed by atoms with E-state index >= 15 is 0 Å². The highest BCUT2D eigenvalue weighted by Crippen LogP contribution is 2.38. The van der Waals surface area contributed by atoms with E-state index in [1.807, 2.05) is 6.92 Å². The molecule has 1 aliphatic rings. The Bertz CT molecular complexity index is 177. The first kappa shape index (κ1) is 12.0. The number of hydrogen-bond donors (Lipinski definition) is 1. The molecule has 1 N–H and O–H groups in total. The molecule has 0 saturated heterocycles. The van der Waals surface area contributed by atoms with Gasteiger partial charge in [0, 0.05) is 7.11 Å². The van der Waals surface area contributed by atoms with Crippen molar-refractivity contribution in [3.63, 3.8) is 0 Å². The second kappa shape index (κ2) is 4.63. The SMILES string of the molecule is COCC(C)(O)C1CCC(C)C(C)C1. The van der Waals surface area contributed by atoms with E-state index in [9.17, 15) is 5.11 Å². The van der Waals surface area contributed by atoms with Gasteiger partial charge in [0.1, 0.15) is 0 Å². The molecule has 0 radical (unpaired) electrons. The molecule has 0 aromatic carbocycles. The molecular formula is C12H24O2. The Morgan fingerprint density at radius 2 is 1.93 bits per heavy atom. The highest BCUT2D eigenvalue weighted by atomic mass is 16.5. The lowest BCUT2D eigenvalue weighted by Crippen LogP contribution is -2.42. The smallest absolute Gasteiger partial charge is 0.0880 e. The van der Waals surface area contributed by atoms with Gasteiger partial charge in [0.25, 0.3) is 0 Å². The lowest BCUT2D eigenvalue weighted by molar-refractivity contribution is -0.0793. The van der Waals surface area contributed by atoms with Gasteiger partial charge in [-0.3, -0.25) is 0 Å². The normalized spacial score (nSPS) is 37.9. The van der Waals surface area contributed by atoms with Gasteiger partial charge in [0.05, 0.1) is 12.2 Å². The second-order valence-electron chi connectivity index (χ2n) is 5.25. The molecule has 1 fully saturated rings. The quantitative estimate of drug-likeness (QED) is 0.758. The van der Waals surface area contributed by atoms with Crippen molar-refractivity contribution in [2.24, 2.45) is 17.8 Å². The average molecular weight is 200 g/mol. The van der Waals surface area contributed by atoms with Crippen molar-refractivity contribution in [1.29, 1.82) is 0 Å². The molecule has 1 rings (SSSR count). The molecular weight excluding hydrogens is 176 g/mol. The van der Waals surface area contributed by atoms with Crippen molar-refractivity contribution in [2.45, 2.75) is 45.6 Å². The van der Waals surface area contributed by atoms with E-state index in [2.05, 4.69) is 13.8 Å². The summed E-state index contributed by atoms with van der Waals surface area (Å²) in [5, 5.41) is 10.2. The second-order valence-corrected chi connectivity index (χ2v) is 5.25. The number of methoxy groups -OCH3 is 1. The van der Waals surface area contributed by atoms with Crippen LogP contribution in [0.4, 0.5) is 0 Å². The fourth-order valence-electron chi connectivity index (χ4n) is 2.52. The van der Waals surface area contributed by atoms with E-state index in [1.165, 1.54) is 6.42 Å². The Hall–Kier alpha value is -0.0800. The van der Waals surface area contributed by atoms with Crippen LogP contribution in [0.1, 0.15) is 40.0 Å². The molecule has 14 heavy (non-hydrogen) atoms. The molecule has 0 aliphatic heterocycles. The van der Waals surface area contributed by atoms with E-state index in [0.717, 1.165) is 24.7 Å². The van der Waals surface area contributed by atoms with Crippen LogP contribution in [0.5, 0.6) is 0 Å². The average Bonchev–Trinajstić information content (AvgIpc) is 2.09. The third kappa shape index (κ3) is 2.71. The first-order chi connectivity index (χ1) is 6.47. The largest absolute Gasteiger partial charge is 0.387 e. The molecule has 1 aliphatic carbocycles. The molecule has 84 valence electrons. The Balaban J connectivity index is 2.53.